The van der Waals surface area contributed by atoms with Gasteiger partial charge in [0, 0.05) is 25.2 Å². The summed E-state index contributed by atoms with van der Waals surface area (Å²) in [6, 6.07) is 0.209. The molecule has 1 aromatic rings. The van der Waals surface area contributed by atoms with Gasteiger partial charge in [0.1, 0.15) is 5.78 Å². The lowest BCUT2D eigenvalue weighted by atomic mass is 9.99. The number of carbonyl (C=O) groups is 1. The third kappa shape index (κ3) is 2.41. The van der Waals surface area contributed by atoms with Crippen LogP contribution < -0.4 is 5.73 Å². The van der Waals surface area contributed by atoms with E-state index in [4.69, 9.17) is 5.73 Å². The maximum absolute atomic E-state index is 11.8. The Hall–Kier alpha value is -1.23. The van der Waals surface area contributed by atoms with Gasteiger partial charge in [-0.1, -0.05) is 5.21 Å². The molecular formula is C10H16N4O. The summed E-state index contributed by atoms with van der Waals surface area (Å²) in [6.45, 7) is 0. The molecule has 1 aromatic heterocycles. The van der Waals surface area contributed by atoms with Crippen LogP contribution in [0.25, 0.3) is 0 Å². The highest BCUT2D eigenvalue weighted by molar-refractivity contribution is 5.83. The molecule has 2 rings (SSSR count). The number of Topliss-reactive ketones (excluding diaryl/α,β-unsaturated/α-hetero) is 1. The number of carbonyl (C=O) groups excluding carboxylic acids is 1. The summed E-state index contributed by atoms with van der Waals surface area (Å²) in [5.41, 5.74) is 6.53. The maximum Gasteiger partial charge on any atom is 0.142 e. The molecule has 0 saturated heterocycles. The summed E-state index contributed by atoms with van der Waals surface area (Å²) in [5, 5.41) is 7.71. The second-order valence-corrected chi connectivity index (χ2v) is 4.30. The SMILES string of the molecule is Cn1cc(CC(=O)C2CCC(N)C2)nn1. The molecule has 82 valence electrons. The zero-order valence-corrected chi connectivity index (χ0v) is 8.89. The molecule has 2 unspecified atom stereocenters. The molecule has 1 heterocycles. The van der Waals surface area contributed by atoms with Crippen molar-refractivity contribution in [1.82, 2.24) is 15.0 Å². The monoisotopic (exact) mass is 208 g/mol. The number of rotatable bonds is 3. The molecule has 0 aliphatic heterocycles. The van der Waals surface area contributed by atoms with Gasteiger partial charge in [-0.2, -0.15) is 0 Å². The molecule has 5 heteroatoms. The summed E-state index contributed by atoms with van der Waals surface area (Å²) in [7, 11) is 1.80. The Labute approximate surface area is 88.6 Å². The number of aromatic nitrogens is 3. The minimum Gasteiger partial charge on any atom is -0.328 e. The number of aryl methyl sites for hydroxylation is 1. The van der Waals surface area contributed by atoms with E-state index < -0.39 is 0 Å². The van der Waals surface area contributed by atoms with Crippen molar-refractivity contribution in [2.75, 3.05) is 0 Å². The lowest BCUT2D eigenvalue weighted by Gasteiger charge is -2.06. The smallest absolute Gasteiger partial charge is 0.142 e. The summed E-state index contributed by atoms with van der Waals surface area (Å²) in [5.74, 6) is 0.394. The molecule has 1 aliphatic carbocycles. The fourth-order valence-corrected chi connectivity index (χ4v) is 2.11. The van der Waals surface area contributed by atoms with Crippen LogP contribution in [0, 0.1) is 5.92 Å². The van der Waals surface area contributed by atoms with Crippen LogP contribution in [0.3, 0.4) is 0 Å². The fourth-order valence-electron chi connectivity index (χ4n) is 2.11. The molecule has 0 bridgehead atoms. The van der Waals surface area contributed by atoms with E-state index in [9.17, 15) is 4.79 Å². The van der Waals surface area contributed by atoms with Gasteiger partial charge in [-0.05, 0) is 19.3 Å². The highest BCUT2D eigenvalue weighted by Gasteiger charge is 2.27. The van der Waals surface area contributed by atoms with Gasteiger partial charge < -0.3 is 5.73 Å². The van der Waals surface area contributed by atoms with E-state index in [1.54, 1.807) is 17.9 Å². The van der Waals surface area contributed by atoms with E-state index in [-0.39, 0.29) is 17.7 Å². The van der Waals surface area contributed by atoms with Gasteiger partial charge in [0.25, 0.3) is 0 Å². The van der Waals surface area contributed by atoms with Crippen molar-refractivity contribution in [2.24, 2.45) is 18.7 Å². The van der Waals surface area contributed by atoms with Crippen LogP contribution in [0.2, 0.25) is 0 Å². The third-order valence-electron chi connectivity index (χ3n) is 2.93. The molecule has 0 amide bonds. The van der Waals surface area contributed by atoms with E-state index >= 15 is 0 Å². The Bertz CT molecular complexity index is 360. The van der Waals surface area contributed by atoms with Gasteiger partial charge in [-0.3, -0.25) is 9.48 Å². The van der Waals surface area contributed by atoms with E-state index in [0.29, 0.717) is 6.42 Å². The van der Waals surface area contributed by atoms with E-state index in [0.717, 1.165) is 25.0 Å². The minimum atomic E-state index is 0.141. The summed E-state index contributed by atoms with van der Waals surface area (Å²) < 4.78 is 1.61. The zero-order chi connectivity index (χ0) is 10.8. The average Bonchev–Trinajstić information content (AvgIpc) is 2.75. The number of nitrogens with two attached hydrogens (primary N) is 1. The molecule has 0 aromatic carbocycles. The van der Waals surface area contributed by atoms with Gasteiger partial charge in [-0.15, -0.1) is 5.10 Å². The van der Waals surface area contributed by atoms with Gasteiger partial charge >= 0.3 is 0 Å². The zero-order valence-electron chi connectivity index (χ0n) is 8.89. The molecule has 0 spiro atoms. The highest BCUT2D eigenvalue weighted by atomic mass is 16.1. The predicted molar refractivity (Wildman–Crippen MR) is 55.0 cm³/mol. The second-order valence-electron chi connectivity index (χ2n) is 4.30. The van der Waals surface area contributed by atoms with Crippen LogP contribution in [-0.2, 0) is 18.3 Å². The van der Waals surface area contributed by atoms with Crippen molar-refractivity contribution in [1.29, 1.82) is 0 Å². The van der Waals surface area contributed by atoms with Crippen molar-refractivity contribution in [2.45, 2.75) is 31.7 Å². The Balaban J connectivity index is 1.92. The van der Waals surface area contributed by atoms with Crippen LogP contribution in [-0.4, -0.2) is 26.8 Å². The number of hydrogen-bond donors (Lipinski definition) is 1. The molecule has 2 atom stereocenters. The molecular weight excluding hydrogens is 192 g/mol. The predicted octanol–water partition coefficient (Wildman–Crippen LogP) is 0.0541. The van der Waals surface area contributed by atoms with Crippen molar-refractivity contribution in [3.05, 3.63) is 11.9 Å². The lowest BCUT2D eigenvalue weighted by Crippen LogP contribution is -2.19. The first-order valence-corrected chi connectivity index (χ1v) is 5.28. The summed E-state index contributed by atoms with van der Waals surface area (Å²) >= 11 is 0. The first-order chi connectivity index (χ1) is 7.15. The van der Waals surface area contributed by atoms with Crippen LogP contribution in [0.1, 0.15) is 25.0 Å². The van der Waals surface area contributed by atoms with Crippen molar-refractivity contribution < 1.29 is 4.79 Å². The van der Waals surface area contributed by atoms with Gasteiger partial charge in [-0.25, -0.2) is 0 Å². The van der Waals surface area contributed by atoms with E-state index in [1.807, 2.05) is 0 Å². The van der Waals surface area contributed by atoms with Crippen LogP contribution in [0.15, 0.2) is 6.20 Å². The second kappa shape index (κ2) is 4.10. The summed E-state index contributed by atoms with van der Waals surface area (Å²) in [6.07, 6.45) is 4.91. The maximum atomic E-state index is 11.8. The Morgan fingerprint density at radius 3 is 3.00 bits per heavy atom. The standard InChI is InChI=1S/C10H16N4O/c1-14-6-9(12-13-14)5-10(15)7-2-3-8(11)4-7/h6-8H,2-5,11H2,1H3. The first-order valence-electron chi connectivity index (χ1n) is 5.28. The first kappa shape index (κ1) is 10.3. The summed E-state index contributed by atoms with van der Waals surface area (Å²) in [4.78, 5) is 11.8. The van der Waals surface area contributed by atoms with Gasteiger partial charge in [0.05, 0.1) is 12.1 Å². The molecule has 0 radical (unpaired) electrons. The van der Waals surface area contributed by atoms with E-state index in [2.05, 4.69) is 10.3 Å². The molecule has 15 heavy (non-hydrogen) atoms. The van der Waals surface area contributed by atoms with Gasteiger partial charge in [0.2, 0.25) is 0 Å². The van der Waals surface area contributed by atoms with Crippen LogP contribution >= 0.6 is 0 Å². The third-order valence-corrected chi connectivity index (χ3v) is 2.93. The van der Waals surface area contributed by atoms with Gasteiger partial charge in [0.15, 0.2) is 0 Å². The molecule has 1 aliphatic rings. The normalized spacial score (nSPS) is 25.7. The molecule has 1 saturated carbocycles. The lowest BCUT2D eigenvalue weighted by molar-refractivity contribution is -0.122. The fraction of sp³-hybridized carbons (Fsp3) is 0.700. The quantitative estimate of drug-likeness (QED) is 0.762. The van der Waals surface area contributed by atoms with Crippen LogP contribution in [0.5, 0.6) is 0 Å². The Morgan fingerprint density at radius 1 is 1.67 bits per heavy atom. The highest BCUT2D eigenvalue weighted by Crippen LogP contribution is 2.25. The largest absolute Gasteiger partial charge is 0.328 e. The average molecular weight is 208 g/mol. The topological polar surface area (TPSA) is 73.8 Å². The van der Waals surface area contributed by atoms with Crippen molar-refractivity contribution in [3.8, 4) is 0 Å². The van der Waals surface area contributed by atoms with Crippen molar-refractivity contribution in [3.63, 3.8) is 0 Å². The number of ketones is 1. The molecule has 2 N–H and O–H groups in total. The molecule has 5 nitrogen and oxygen atoms in total. The minimum absolute atomic E-state index is 0.141. The molecule has 1 fully saturated rings. The van der Waals surface area contributed by atoms with Crippen molar-refractivity contribution >= 4 is 5.78 Å². The van der Waals surface area contributed by atoms with E-state index in [1.165, 1.54) is 0 Å². The number of nitrogens with zero attached hydrogens (tertiary/aromatic N) is 3. The number of hydrogen-bond acceptors (Lipinski definition) is 4. The Morgan fingerprint density at radius 2 is 2.47 bits per heavy atom. The Kier molecular flexibility index (Phi) is 2.81. The van der Waals surface area contributed by atoms with Crippen LogP contribution in [0.4, 0.5) is 0 Å².